The van der Waals surface area contributed by atoms with E-state index >= 15 is 0 Å². The molecular weight excluding hydrogens is 330 g/mol. The van der Waals surface area contributed by atoms with E-state index in [0.717, 1.165) is 43.0 Å². The lowest BCUT2D eigenvalue weighted by Gasteiger charge is -2.34. The van der Waals surface area contributed by atoms with Crippen LogP contribution < -0.4 is 5.32 Å². The Balaban J connectivity index is 2.04. The van der Waals surface area contributed by atoms with Crippen LogP contribution in [-0.2, 0) is 9.53 Å². The molecular formula is C20H31N3O3. The standard InChI is InChI=1S/C20H31N3O3/c1-4-21-20(22-13-18(24)16-9-6-8-15(3)12-16)23-11-7-10-17(14-23)19(25)26-5-2/h6,8-9,12,17-18,24H,4-5,7,10-11,13-14H2,1-3H3,(H,21,22)/t17-,18?/m1/s1. The minimum atomic E-state index is -0.644. The van der Waals surface area contributed by atoms with Crippen molar-refractivity contribution in [3.63, 3.8) is 0 Å². The van der Waals surface area contributed by atoms with Gasteiger partial charge in [0.15, 0.2) is 5.96 Å². The summed E-state index contributed by atoms with van der Waals surface area (Å²) in [7, 11) is 0. The van der Waals surface area contributed by atoms with Gasteiger partial charge in [0.25, 0.3) is 0 Å². The summed E-state index contributed by atoms with van der Waals surface area (Å²) in [4.78, 5) is 18.8. The zero-order valence-corrected chi connectivity index (χ0v) is 16.1. The van der Waals surface area contributed by atoms with Gasteiger partial charge in [0.2, 0.25) is 0 Å². The topological polar surface area (TPSA) is 74.2 Å². The van der Waals surface area contributed by atoms with Crippen molar-refractivity contribution >= 4 is 11.9 Å². The van der Waals surface area contributed by atoms with Gasteiger partial charge in [-0.3, -0.25) is 9.79 Å². The lowest BCUT2D eigenvalue weighted by atomic mass is 9.98. The Bertz CT molecular complexity index is 618. The van der Waals surface area contributed by atoms with Crippen LogP contribution in [0.3, 0.4) is 0 Å². The minimum absolute atomic E-state index is 0.116. The van der Waals surface area contributed by atoms with Gasteiger partial charge in [-0.2, -0.15) is 0 Å². The lowest BCUT2D eigenvalue weighted by Crippen LogP contribution is -2.48. The van der Waals surface area contributed by atoms with Crippen molar-refractivity contribution in [2.24, 2.45) is 10.9 Å². The maximum atomic E-state index is 12.1. The van der Waals surface area contributed by atoms with Crippen LogP contribution in [0.25, 0.3) is 0 Å². The van der Waals surface area contributed by atoms with E-state index in [1.807, 2.05) is 45.0 Å². The monoisotopic (exact) mass is 361 g/mol. The molecule has 1 aromatic rings. The van der Waals surface area contributed by atoms with Crippen LogP contribution in [0.5, 0.6) is 0 Å². The van der Waals surface area contributed by atoms with Crippen LogP contribution in [0.2, 0.25) is 0 Å². The molecule has 1 aromatic carbocycles. The van der Waals surface area contributed by atoms with Crippen LogP contribution in [0.1, 0.15) is 43.9 Å². The molecule has 2 N–H and O–H groups in total. The molecule has 1 unspecified atom stereocenters. The second kappa shape index (κ2) is 10.2. The third-order valence-corrected chi connectivity index (χ3v) is 4.52. The number of rotatable bonds is 6. The molecule has 2 rings (SSSR count). The maximum absolute atomic E-state index is 12.1. The predicted octanol–water partition coefficient (Wildman–Crippen LogP) is 2.27. The second-order valence-electron chi connectivity index (χ2n) is 6.66. The molecule has 6 nitrogen and oxygen atoms in total. The fourth-order valence-corrected chi connectivity index (χ4v) is 3.20. The van der Waals surface area contributed by atoms with Gasteiger partial charge < -0.3 is 20.1 Å². The Labute approximate surface area is 156 Å². The number of nitrogens with zero attached hydrogens (tertiary/aromatic N) is 2. The van der Waals surface area contributed by atoms with Crippen LogP contribution in [0.15, 0.2) is 29.3 Å². The number of ether oxygens (including phenoxy) is 1. The van der Waals surface area contributed by atoms with Crippen molar-refractivity contribution in [3.8, 4) is 0 Å². The molecule has 144 valence electrons. The van der Waals surface area contributed by atoms with E-state index in [2.05, 4.69) is 15.2 Å². The molecule has 0 radical (unpaired) electrons. The SMILES string of the molecule is CCNC(=NCC(O)c1cccc(C)c1)N1CCC[C@@H](C(=O)OCC)C1. The quantitative estimate of drug-likeness (QED) is 0.462. The summed E-state index contributed by atoms with van der Waals surface area (Å²) >= 11 is 0. The molecule has 0 spiro atoms. The summed E-state index contributed by atoms with van der Waals surface area (Å²) in [5.41, 5.74) is 1.98. The van der Waals surface area contributed by atoms with E-state index in [0.29, 0.717) is 13.2 Å². The van der Waals surface area contributed by atoms with E-state index in [1.165, 1.54) is 0 Å². The number of aliphatic hydroxyl groups excluding tert-OH is 1. The molecule has 1 saturated heterocycles. The van der Waals surface area contributed by atoms with Crippen molar-refractivity contribution < 1.29 is 14.6 Å². The van der Waals surface area contributed by atoms with Crippen molar-refractivity contribution in [3.05, 3.63) is 35.4 Å². The molecule has 0 saturated carbocycles. The number of hydrogen-bond donors (Lipinski definition) is 2. The molecule has 1 aliphatic rings. The van der Waals surface area contributed by atoms with Crippen LogP contribution in [-0.4, -0.2) is 54.7 Å². The largest absolute Gasteiger partial charge is 0.466 e. The Morgan fingerprint density at radius 1 is 1.46 bits per heavy atom. The van der Waals surface area contributed by atoms with Crippen molar-refractivity contribution in [1.29, 1.82) is 0 Å². The van der Waals surface area contributed by atoms with Gasteiger partial charge in [0.05, 0.1) is 25.2 Å². The fraction of sp³-hybridized carbons (Fsp3) is 0.600. The first-order valence-electron chi connectivity index (χ1n) is 9.49. The number of likely N-dealkylation sites (tertiary alicyclic amines) is 1. The normalized spacial score (nSPS) is 19.2. The predicted molar refractivity (Wildman–Crippen MR) is 103 cm³/mol. The highest BCUT2D eigenvalue weighted by Gasteiger charge is 2.28. The van der Waals surface area contributed by atoms with Crippen molar-refractivity contribution in [1.82, 2.24) is 10.2 Å². The van der Waals surface area contributed by atoms with E-state index < -0.39 is 6.10 Å². The molecule has 0 aromatic heterocycles. The lowest BCUT2D eigenvalue weighted by molar-refractivity contribution is -0.149. The van der Waals surface area contributed by atoms with Crippen LogP contribution in [0, 0.1) is 12.8 Å². The van der Waals surface area contributed by atoms with E-state index in [9.17, 15) is 9.90 Å². The summed E-state index contributed by atoms with van der Waals surface area (Å²) in [5, 5.41) is 13.7. The van der Waals surface area contributed by atoms with E-state index in [4.69, 9.17) is 4.74 Å². The number of aliphatic hydroxyl groups is 1. The Kier molecular flexibility index (Phi) is 7.91. The molecule has 2 atom stereocenters. The minimum Gasteiger partial charge on any atom is -0.466 e. The third kappa shape index (κ3) is 5.73. The van der Waals surface area contributed by atoms with Gasteiger partial charge in [-0.05, 0) is 39.2 Å². The fourth-order valence-electron chi connectivity index (χ4n) is 3.20. The highest BCUT2D eigenvalue weighted by atomic mass is 16.5. The first-order valence-corrected chi connectivity index (χ1v) is 9.49. The highest BCUT2D eigenvalue weighted by Crippen LogP contribution is 2.19. The Morgan fingerprint density at radius 2 is 2.27 bits per heavy atom. The number of piperidine rings is 1. The number of guanidine groups is 1. The van der Waals surface area contributed by atoms with Crippen LogP contribution in [0.4, 0.5) is 0 Å². The molecule has 0 amide bonds. The molecule has 1 heterocycles. The Morgan fingerprint density at radius 3 is 2.96 bits per heavy atom. The third-order valence-electron chi connectivity index (χ3n) is 4.52. The van der Waals surface area contributed by atoms with E-state index in [-0.39, 0.29) is 18.4 Å². The molecule has 26 heavy (non-hydrogen) atoms. The molecule has 6 heteroatoms. The Hall–Kier alpha value is -2.08. The van der Waals surface area contributed by atoms with Gasteiger partial charge in [0.1, 0.15) is 0 Å². The summed E-state index contributed by atoms with van der Waals surface area (Å²) in [6.45, 7) is 8.73. The average molecular weight is 361 g/mol. The van der Waals surface area contributed by atoms with Crippen molar-refractivity contribution in [2.75, 3.05) is 32.8 Å². The molecule has 0 aliphatic carbocycles. The number of benzene rings is 1. The summed E-state index contributed by atoms with van der Waals surface area (Å²) in [5.74, 6) is 0.496. The van der Waals surface area contributed by atoms with Gasteiger partial charge in [-0.25, -0.2) is 0 Å². The smallest absolute Gasteiger partial charge is 0.310 e. The van der Waals surface area contributed by atoms with Gasteiger partial charge in [0, 0.05) is 19.6 Å². The zero-order chi connectivity index (χ0) is 18.9. The first-order chi connectivity index (χ1) is 12.5. The first kappa shape index (κ1) is 20.2. The number of carbonyl (C=O) groups is 1. The number of carbonyl (C=O) groups excluding carboxylic acids is 1. The number of aliphatic imine (C=N–C) groups is 1. The molecule has 1 fully saturated rings. The zero-order valence-electron chi connectivity index (χ0n) is 16.1. The number of aryl methyl sites for hydroxylation is 1. The summed E-state index contributed by atoms with van der Waals surface area (Å²) in [6.07, 6.45) is 1.13. The van der Waals surface area contributed by atoms with E-state index in [1.54, 1.807) is 0 Å². The maximum Gasteiger partial charge on any atom is 0.310 e. The number of esters is 1. The highest BCUT2D eigenvalue weighted by molar-refractivity contribution is 5.81. The van der Waals surface area contributed by atoms with Gasteiger partial charge in [-0.15, -0.1) is 0 Å². The molecule has 1 aliphatic heterocycles. The van der Waals surface area contributed by atoms with Crippen LogP contribution >= 0.6 is 0 Å². The summed E-state index contributed by atoms with van der Waals surface area (Å²) in [6, 6.07) is 7.84. The second-order valence-corrected chi connectivity index (χ2v) is 6.66. The summed E-state index contributed by atoms with van der Waals surface area (Å²) < 4.78 is 5.17. The average Bonchev–Trinajstić information content (AvgIpc) is 2.65. The number of nitrogens with one attached hydrogen (secondary N) is 1. The van der Waals surface area contributed by atoms with Gasteiger partial charge in [-0.1, -0.05) is 29.8 Å². The number of hydrogen-bond acceptors (Lipinski definition) is 4. The molecule has 0 bridgehead atoms. The van der Waals surface area contributed by atoms with Crippen molar-refractivity contribution in [2.45, 2.75) is 39.7 Å². The van der Waals surface area contributed by atoms with Gasteiger partial charge >= 0.3 is 5.97 Å².